The summed E-state index contributed by atoms with van der Waals surface area (Å²) < 4.78 is 5.55. The van der Waals surface area contributed by atoms with E-state index in [4.69, 9.17) is 4.74 Å². The number of rotatable bonds is 1. The van der Waals surface area contributed by atoms with Crippen molar-refractivity contribution in [2.75, 3.05) is 0 Å². The molecule has 0 amide bonds. The lowest BCUT2D eigenvalue weighted by molar-refractivity contribution is -0.115. The maximum absolute atomic E-state index is 10.9. The smallest absolute Gasteiger partial charge is 0.123 e. The normalized spacial score (nSPS) is 58.3. The van der Waals surface area contributed by atoms with Crippen LogP contribution < -0.4 is 0 Å². The molecule has 0 radical (unpaired) electrons. The Bertz CT molecular complexity index is 246. The van der Waals surface area contributed by atoms with Crippen LogP contribution in [0.25, 0.3) is 0 Å². The minimum atomic E-state index is 0.198. The molecule has 1 heterocycles. The van der Waals surface area contributed by atoms with E-state index < -0.39 is 0 Å². The fourth-order valence-electron chi connectivity index (χ4n) is 3.52. The van der Waals surface area contributed by atoms with Crippen LogP contribution in [0.15, 0.2) is 0 Å². The first-order valence-corrected chi connectivity index (χ1v) is 4.77. The maximum atomic E-state index is 10.9. The Morgan fingerprint density at radius 3 is 2.75 bits per heavy atom. The molecule has 1 saturated heterocycles. The summed E-state index contributed by atoms with van der Waals surface area (Å²) in [7, 11) is 0. The first-order chi connectivity index (χ1) is 5.66. The molecule has 5 unspecified atom stereocenters. The molecule has 0 aromatic rings. The number of ether oxygens (including phenoxy) is 1. The molecular weight excluding hydrogens is 152 g/mol. The zero-order valence-electron chi connectivity index (χ0n) is 7.49. The van der Waals surface area contributed by atoms with Crippen LogP contribution in [0.1, 0.15) is 20.3 Å². The SMILES string of the molecule is CC1(C)C(C=O)C2CC1C1OC21. The van der Waals surface area contributed by atoms with Gasteiger partial charge in [0.25, 0.3) is 0 Å². The predicted octanol–water partition coefficient (Wildman–Crippen LogP) is 1.24. The Hall–Kier alpha value is -0.370. The Kier molecular flexibility index (Phi) is 1.04. The van der Waals surface area contributed by atoms with Gasteiger partial charge in [0.2, 0.25) is 0 Å². The average molecular weight is 166 g/mol. The van der Waals surface area contributed by atoms with E-state index in [1.165, 1.54) is 6.42 Å². The molecule has 2 aliphatic carbocycles. The highest BCUT2D eigenvalue weighted by molar-refractivity contribution is 5.58. The van der Waals surface area contributed by atoms with E-state index >= 15 is 0 Å². The molecule has 12 heavy (non-hydrogen) atoms. The van der Waals surface area contributed by atoms with Gasteiger partial charge in [0.15, 0.2) is 0 Å². The molecular formula is C10H14O2. The quantitative estimate of drug-likeness (QED) is 0.433. The van der Waals surface area contributed by atoms with Crippen LogP contribution in [-0.4, -0.2) is 18.5 Å². The van der Waals surface area contributed by atoms with Gasteiger partial charge in [-0.3, -0.25) is 0 Å². The van der Waals surface area contributed by atoms with Crippen molar-refractivity contribution < 1.29 is 9.53 Å². The van der Waals surface area contributed by atoms with Gasteiger partial charge in [-0.1, -0.05) is 13.8 Å². The number of carbonyl (C=O) groups excluding carboxylic acids is 1. The lowest BCUT2D eigenvalue weighted by Crippen LogP contribution is -2.35. The van der Waals surface area contributed by atoms with Crippen molar-refractivity contribution in [3.63, 3.8) is 0 Å². The van der Waals surface area contributed by atoms with Crippen LogP contribution in [0.2, 0.25) is 0 Å². The summed E-state index contributed by atoms with van der Waals surface area (Å²) in [4.78, 5) is 10.9. The maximum Gasteiger partial charge on any atom is 0.123 e. The lowest BCUT2D eigenvalue weighted by atomic mass is 9.69. The lowest BCUT2D eigenvalue weighted by Gasteiger charge is -2.32. The number of hydrogen-bond acceptors (Lipinski definition) is 2. The van der Waals surface area contributed by atoms with Gasteiger partial charge in [-0.05, 0) is 23.7 Å². The number of aldehydes is 1. The molecule has 2 heteroatoms. The van der Waals surface area contributed by atoms with Gasteiger partial charge in [-0.15, -0.1) is 0 Å². The van der Waals surface area contributed by atoms with E-state index in [2.05, 4.69) is 13.8 Å². The second-order valence-corrected chi connectivity index (χ2v) is 5.05. The Balaban J connectivity index is 2.01. The van der Waals surface area contributed by atoms with E-state index in [-0.39, 0.29) is 11.3 Å². The summed E-state index contributed by atoms with van der Waals surface area (Å²) in [6.07, 6.45) is 3.35. The molecule has 2 nitrogen and oxygen atoms in total. The summed E-state index contributed by atoms with van der Waals surface area (Å²) in [5.74, 6) is 1.46. The van der Waals surface area contributed by atoms with Crippen LogP contribution in [0.3, 0.4) is 0 Å². The van der Waals surface area contributed by atoms with Crippen molar-refractivity contribution in [3.8, 4) is 0 Å². The Morgan fingerprint density at radius 2 is 2.17 bits per heavy atom. The summed E-state index contributed by atoms with van der Waals surface area (Å²) in [6, 6.07) is 0. The zero-order valence-corrected chi connectivity index (χ0v) is 7.49. The molecule has 3 rings (SSSR count). The molecule has 0 aromatic heterocycles. The van der Waals surface area contributed by atoms with Crippen molar-refractivity contribution in [2.24, 2.45) is 23.2 Å². The Labute approximate surface area is 72.3 Å². The van der Waals surface area contributed by atoms with Crippen LogP contribution in [0, 0.1) is 23.2 Å². The van der Waals surface area contributed by atoms with E-state index in [1.807, 2.05) is 0 Å². The van der Waals surface area contributed by atoms with Crippen LogP contribution in [0.5, 0.6) is 0 Å². The standard InChI is InChI=1S/C10H14O2/c1-10(2)6-3-5(7(10)4-11)8-9(6)12-8/h4-9H,3H2,1-2H3. The van der Waals surface area contributed by atoms with Gasteiger partial charge >= 0.3 is 0 Å². The third-order valence-corrected chi connectivity index (χ3v) is 4.33. The van der Waals surface area contributed by atoms with E-state index in [9.17, 15) is 4.79 Å². The minimum Gasteiger partial charge on any atom is -0.369 e. The summed E-state index contributed by atoms with van der Waals surface area (Å²) in [5, 5.41) is 0. The number of hydrogen-bond donors (Lipinski definition) is 0. The van der Waals surface area contributed by atoms with Gasteiger partial charge in [0.05, 0.1) is 12.2 Å². The zero-order chi connectivity index (χ0) is 8.51. The second-order valence-electron chi connectivity index (χ2n) is 5.05. The summed E-state index contributed by atoms with van der Waals surface area (Å²) in [6.45, 7) is 4.43. The molecule has 0 aromatic carbocycles. The monoisotopic (exact) mass is 166 g/mol. The number of epoxide rings is 1. The van der Waals surface area contributed by atoms with Crippen molar-refractivity contribution in [3.05, 3.63) is 0 Å². The molecule has 3 aliphatic rings. The first kappa shape index (κ1) is 7.07. The van der Waals surface area contributed by atoms with E-state index in [0.29, 0.717) is 24.0 Å². The number of carbonyl (C=O) groups is 1. The molecule has 2 bridgehead atoms. The number of fused-ring (bicyclic) bond motifs is 5. The van der Waals surface area contributed by atoms with Crippen LogP contribution in [0.4, 0.5) is 0 Å². The van der Waals surface area contributed by atoms with Crippen molar-refractivity contribution in [1.82, 2.24) is 0 Å². The molecule has 5 atom stereocenters. The van der Waals surface area contributed by atoms with Gasteiger partial charge in [-0.25, -0.2) is 0 Å². The molecule has 0 spiro atoms. The molecule has 2 saturated carbocycles. The predicted molar refractivity (Wildman–Crippen MR) is 43.6 cm³/mol. The molecule has 66 valence electrons. The Morgan fingerprint density at radius 1 is 1.42 bits per heavy atom. The van der Waals surface area contributed by atoms with Crippen LogP contribution >= 0.6 is 0 Å². The second kappa shape index (κ2) is 1.77. The highest BCUT2D eigenvalue weighted by Crippen LogP contribution is 2.65. The molecule has 1 aliphatic heterocycles. The van der Waals surface area contributed by atoms with Crippen molar-refractivity contribution in [2.45, 2.75) is 32.5 Å². The highest BCUT2D eigenvalue weighted by Gasteiger charge is 2.69. The van der Waals surface area contributed by atoms with Crippen molar-refractivity contribution >= 4 is 6.29 Å². The first-order valence-electron chi connectivity index (χ1n) is 4.77. The van der Waals surface area contributed by atoms with E-state index in [1.54, 1.807) is 0 Å². The summed E-state index contributed by atoms with van der Waals surface area (Å²) >= 11 is 0. The third kappa shape index (κ3) is 0.565. The minimum absolute atomic E-state index is 0.198. The van der Waals surface area contributed by atoms with Gasteiger partial charge in [-0.2, -0.15) is 0 Å². The molecule has 3 fully saturated rings. The van der Waals surface area contributed by atoms with Crippen LogP contribution in [-0.2, 0) is 9.53 Å². The fourth-order valence-corrected chi connectivity index (χ4v) is 3.52. The topological polar surface area (TPSA) is 29.6 Å². The fraction of sp³-hybridized carbons (Fsp3) is 0.900. The highest BCUT2D eigenvalue weighted by atomic mass is 16.6. The molecule has 0 N–H and O–H groups in total. The largest absolute Gasteiger partial charge is 0.369 e. The van der Waals surface area contributed by atoms with Gasteiger partial charge < -0.3 is 9.53 Å². The average Bonchev–Trinajstić information content (AvgIpc) is 2.64. The third-order valence-electron chi connectivity index (χ3n) is 4.33. The van der Waals surface area contributed by atoms with Crippen molar-refractivity contribution in [1.29, 1.82) is 0 Å². The van der Waals surface area contributed by atoms with E-state index in [0.717, 1.165) is 6.29 Å². The summed E-state index contributed by atoms with van der Waals surface area (Å²) in [5.41, 5.74) is 0.198. The van der Waals surface area contributed by atoms with Gasteiger partial charge in [0, 0.05) is 5.92 Å². The van der Waals surface area contributed by atoms with Gasteiger partial charge in [0.1, 0.15) is 6.29 Å².